The summed E-state index contributed by atoms with van der Waals surface area (Å²) in [5.74, 6) is 16.1. The Morgan fingerprint density at radius 1 is 0.397 bits per heavy atom. The second-order valence-corrected chi connectivity index (χ2v) is 13.7. The van der Waals surface area contributed by atoms with Crippen molar-refractivity contribution < 1.29 is 18.9 Å². The summed E-state index contributed by atoms with van der Waals surface area (Å²) < 4.78 is 21.6. The molecule has 0 saturated heterocycles. The summed E-state index contributed by atoms with van der Waals surface area (Å²) in [5, 5.41) is 0.931. The molecule has 6 nitrogen and oxygen atoms in total. The van der Waals surface area contributed by atoms with Gasteiger partial charge < -0.3 is 23.8 Å². The Bertz CT molecular complexity index is 2330. The van der Waals surface area contributed by atoms with Gasteiger partial charge in [0.15, 0.2) is 17.1 Å². The SMILES string of the molecule is COc1ccc(N(c2ccc(C#Cc3cc(Cl)cc(C#Cc4ccc([N+](c5ccc(OC)cc5)c5ccc(OC)cc5)cc4)c3Cl)cc2)c2ccc(OC)cc2)cc1. The first-order valence-electron chi connectivity index (χ1n) is 18.3. The lowest BCUT2D eigenvalue weighted by Crippen LogP contribution is -2.11. The van der Waals surface area contributed by atoms with Crippen LogP contribution in [-0.2, 0) is 0 Å². The van der Waals surface area contributed by atoms with Gasteiger partial charge in [0, 0.05) is 80.7 Å². The molecule has 0 aromatic heterocycles. The average Bonchev–Trinajstić information content (AvgIpc) is 3.28. The van der Waals surface area contributed by atoms with Crippen molar-refractivity contribution in [2.45, 2.75) is 0 Å². The van der Waals surface area contributed by atoms with Gasteiger partial charge in [0.25, 0.3) is 0 Å². The minimum absolute atomic E-state index is 0.438. The number of rotatable bonds is 10. The van der Waals surface area contributed by atoms with E-state index in [4.69, 9.17) is 42.1 Å². The molecule has 7 rings (SSSR count). The number of ether oxygens (including phenoxy) is 4. The van der Waals surface area contributed by atoms with Crippen molar-refractivity contribution in [2.24, 2.45) is 0 Å². The van der Waals surface area contributed by atoms with Crippen LogP contribution in [0.15, 0.2) is 158 Å². The summed E-state index contributed by atoms with van der Waals surface area (Å²) in [7, 11) is 6.63. The summed E-state index contributed by atoms with van der Waals surface area (Å²) in [4.78, 5) is 4.31. The van der Waals surface area contributed by atoms with Crippen molar-refractivity contribution in [3.05, 3.63) is 190 Å². The molecule has 285 valence electrons. The van der Waals surface area contributed by atoms with Crippen molar-refractivity contribution in [3.8, 4) is 46.7 Å². The molecule has 0 saturated carbocycles. The lowest BCUT2D eigenvalue weighted by atomic mass is 10.1. The summed E-state index contributed by atoms with van der Waals surface area (Å²) in [6.45, 7) is 0. The smallest absolute Gasteiger partial charge is 0.192 e. The molecule has 0 amide bonds. The van der Waals surface area contributed by atoms with E-state index in [1.54, 1.807) is 40.6 Å². The maximum atomic E-state index is 6.89. The van der Waals surface area contributed by atoms with Crippen LogP contribution in [0.25, 0.3) is 0 Å². The number of hydrogen-bond donors (Lipinski definition) is 0. The zero-order valence-electron chi connectivity index (χ0n) is 32.3. The van der Waals surface area contributed by atoms with E-state index in [0.717, 1.165) is 68.2 Å². The Morgan fingerprint density at radius 3 is 1.03 bits per heavy atom. The standard InChI is InChI=1S/C50H38Cl2N2O4/c1-55-46-25-17-42(18-26-46)53(43-19-27-47(56-2)28-20-43)40-13-7-35(8-14-40)5-11-37-33-39(51)34-38(50(37)52)12-6-36-9-15-41(16-10-36)54(44-21-29-48(57-3)30-22-44)45-23-31-49(58-4)32-24-45/h7-10,13-34H,1-4H3/q+1. The van der Waals surface area contributed by atoms with Crippen LogP contribution in [0.5, 0.6) is 23.0 Å². The molecule has 0 spiro atoms. The fourth-order valence-electron chi connectivity index (χ4n) is 6.26. The quantitative estimate of drug-likeness (QED) is 0.102. The van der Waals surface area contributed by atoms with Crippen molar-refractivity contribution in [3.63, 3.8) is 0 Å². The Hall–Kier alpha value is -6.80. The predicted molar refractivity (Wildman–Crippen MR) is 236 cm³/mol. The zero-order chi connectivity index (χ0) is 40.4. The van der Waals surface area contributed by atoms with E-state index in [1.165, 1.54) is 0 Å². The molecule has 0 unspecified atom stereocenters. The minimum Gasteiger partial charge on any atom is -0.497 e. The van der Waals surface area contributed by atoms with E-state index in [1.807, 2.05) is 146 Å². The van der Waals surface area contributed by atoms with Gasteiger partial charge in [-0.3, -0.25) is 0 Å². The maximum Gasteiger partial charge on any atom is 0.192 e. The van der Waals surface area contributed by atoms with Crippen LogP contribution >= 0.6 is 23.2 Å². The largest absolute Gasteiger partial charge is 0.497 e. The van der Waals surface area contributed by atoms with Gasteiger partial charge in [-0.1, -0.05) is 51.8 Å². The van der Waals surface area contributed by atoms with Gasteiger partial charge in [-0.05, 0) is 121 Å². The van der Waals surface area contributed by atoms with Crippen molar-refractivity contribution >= 4 is 57.3 Å². The van der Waals surface area contributed by atoms with Gasteiger partial charge >= 0.3 is 0 Å². The maximum absolute atomic E-state index is 6.89. The molecule has 8 heteroatoms. The van der Waals surface area contributed by atoms with E-state index in [0.29, 0.717) is 21.2 Å². The molecule has 0 heterocycles. The van der Waals surface area contributed by atoms with Crippen LogP contribution in [0, 0.1) is 23.7 Å². The average molecular weight is 802 g/mol. The van der Waals surface area contributed by atoms with Crippen LogP contribution < -0.4 is 28.7 Å². The molecular formula is C50H38Cl2N2O4+. The van der Waals surface area contributed by atoms with Crippen LogP contribution in [0.3, 0.4) is 0 Å². The zero-order valence-corrected chi connectivity index (χ0v) is 33.8. The highest BCUT2D eigenvalue weighted by molar-refractivity contribution is 6.35. The molecule has 0 aliphatic carbocycles. The molecule has 0 atom stereocenters. The lowest BCUT2D eigenvalue weighted by Gasteiger charge is -2.25. The van der Waals surface area contributed by atoms with Gasteiger partial charge in [0.1, 0.15) is 23.0 Å². The summed E-state index contributed by atoms with van der Waals surface area (Å²) >= 11 is 13.5. The highest BCUT2D eigenvalue weighted by atomic mass is 35.5. The molecule has 0 fully saturated rings. The molecule has 0 aliphatic heterocycles. The molecule has 1 radical (unpaired) electrons. The van der Waals surface area contributed by atoms with E-state index in [2.05, 4.69) is 33.5 Å². The van der Waals surface area contributed by atoms with Crippen molar-refractivity contribution in [1.82, 2.24) is 4.90 Å². The first-order chi connectivity index (χ1) is 28.3. The van der Waals surface area contributed by atoms with Gasteiger partial charge in [0.05, 0.1) is 33.5 Å². The third-order valence-corrected chi connectivity index (χ3v) is 9.92. The van der Waals surface area contributed by atoms with Gasteiger partial charge in [-0.15, -0.1) is 0 Å². The highest BCUT2D eigenvalue weighted by Crippen LogP contribution is 2.37. The van der Waals surface area contributed by atoms with Gasteiger partial charge in [-0.2, -0.15) is 0 Å². The van der Waals surface area contributed by atoms with Gasteiger partial charge in [0.2, 0.25) is 0 Å². The molecule has 58 heavy (non-hydrogen) atoms. The second-order valence-electron chi connectivity index (χ2n) is 12.9. The van der Waals surface area contributed by atoms with E-state index in [-0.39, 0.29) is 0 Å². The van der Waals surface area contributed by atoms with E-state index < -0.39 is 0 Å². The first-order valence-corrected chi connectivity index (χ1v) is 19.0. The first kappa shape index (κ1) is 39.4. The third kappa shape index (κ3) is 9.24. The number of nitrogens with zero attached hydrogens (tertiary/aromatic N) is 2. The number of anilines is 6. The van der Waals surface area contributed by atoms with Gasteiger partial charge in [-0.25, -0.2) is 0 Å². The lowest BCUT2D eigenvalue weighted by molar-refractivity contribution is 0.414. The van der Waals surface area contributed by atoms with Crippen molar-refractivity contribution in [2.75, 3.05) is 33.3 Å². The molecule has 0 N–H and O–H groups in total. The third-order valence-electron chi connectivity index (χ3n) is 9.29. The fourth-order valence-corrected chi connectivity index (χ4v) is 6.68. The monoisotopic (exact) mass is 800 g/mol. The summed E-state index contributed by atoms with van der Waals surface area (Å²) in [5.41, 5.74) is 8.63. The molecular weight excluding hydrogens is 763 g/mol. The molecule has 7 aromatic rings. The normalized spacial score (nSPS) is 10.5. The van der Waals surface area contributed by atoms with Crippen LogP contribution in [0.2, 0.25) is 10.0 Å². The molecule has 0 aliphatic rings. The highest BCUT2D eigenvalue weighted by Gasteiger charge is 2.26. The molecule has 7 aromatic carbocycles. The Morgan fingerprint density at radius 2 is 0.690 bits per heavy atom. The Labute approximate surface area is 349 Å². The van der Waals surface area contributed by atoms with Crippen LogP contribution in [0.1, 0.15) is 22.3 Å². The second kappa shape index (κ2) is 18.4. The Balaban J connectivity index is 1.12. The topological polar surface area (TPSA) is 46.1 Å². The summed E-state index contributed by atoms with van der Waals surface area (Å²) in [6.07, 6.45) is 0. The number of halogens is 2. The number of methoxy groups -OCH3 is 4. The van der Waals surface area contributed by atoms with E-state index >= 15 is 0 Å². The Kier molecular flexibility index (Phi) is 12.5. The van der Waals surface area contributed by atoms with E-state index in [9.17, 15) is 0 Å². The van der Waals surface area contributed by atoms with Crippen LogP contribution in [0.4, 0.5) is 34.1 Å². The number of hydrogen-bond acceptors (Lipinski definition) is 6. The van der Waals surface area contributed by atoms with Crippen molar-refractivity contribution in [1.29, 1.82) is 0 Å². The fraction of sp³-hybridized carbons (Fsp3) is 0.0800. The summed E-state index contributed by atoms with van der Waals surface area (Å²) in [6, 6.07) is 51.3. The van der Waals surface area contributed by atoms with Crippen LogP contribution in [-0.4, -0.2) is 28.4 Å². The number of benzene rings is 7. The predicted octanol–water partition coefficient (Wildman–Crippen LogP) is 12.7. The molecule has 0 bridgehead atoms. The minimum atomic E-state index is 0.438.